The van der Waals surface area contributed by atoms with E-state index in [9.17, 15) is 9.59 Å². The molecule has 2 aliphatic carbocycles. The molecule has 1 amide bonds. The molecule has 3 atom stereocenters. The highest BCUT2D eigenvalue weighted by atomic mass is 16.5. The number of ether oxygens (including phenoxy) is 1. The highest BCUT2D eigenvalue weighted by molar-refractivity contribution is 5.82. The Morgan fingerprint density at radius 1 is 1.03 bits per heavy atom. The molecule has 3 aliphatic heterocycles. The Morgan fingerprint density at radius 3 is 2.66 bits per heavy atom. The average molecular weight is 396 g/mol. The van der Waals surface area contributed by atoms with E-state index in [0.717, 1.165) is 81.5 Å². The molecular weight excluding hydrogens is 368 g/mol. The highest BCUT2D eigenvalue weighted by Gasteiger charge is 2.47. The van der Waals surface area contributed by atoms with Gasteiger partial charge >= 0.3 is 5.97 Å². The highest BCUT2D eigenvalue weighted by Crippen LogP contribution is 2.46. The van der Waals surface area contributed by atoms with E-state index in [1.165, 1.54) is 0 Å². The van der Waals surface area contributed by atoms with Crippen LogP contribution >= 0.6 is 0 Å². The molecule has 0 N–H and O–H groups in total. The van der Waals surface area contributed by atoms with E-state index in [-0.39, 0.29) is 30.0 Å². The number of nitrogens with zero attached hydrogens (tertiary/aromatic N) is 4. The van der Waals surface area contributed by atoms with Crippen LogP contribution in [-0.4, -0.2) is 52.0 Å². The molecule has 2 saturated heterocycles. The quantitative estimate of drug-likeness (QED) is 0.728. The van der Waals surface area contributed by atoms with Gasteiger partial charge < -0.3 is 14.5 Å². The van der Waals surface area contributed by atoms with Gasteiger partial charge in [-0.15, -0.1) is 0 Å². The topological polar surface area (TPSA) is 75.6 Å². The number of fused-ring (bicyclic) bond motifs is 4. The predicted octanol–water partition coefficient (Wildman–Crippen LogP) is 2.40. The van der Waals surface area contributed by atoms with Gasteiger partial charge in [0, 0.05) is 36.7 Å². The molecule has 1 aromatic heterocycles. The van der Waals surface area contributed by atoms with Gasteiger partial charge in [-0.1, -0.05) is 0 Å². The van der Waals surface area contributed by atoms with Crippen molar-refractivity contribution in [3.8, 4) is 0 Å². The molecule has 4 heterocycles. The van der Waals surface area contributed by atoms with Crippen LogP contribution in [0.2, 0.25) is 0 Å². The van der Waals surface area contributed by atoms with Gasteiger partial charge in [-0.2, -0.15) is 0 Å². The van der Waals surface area contributed by atoms with Crippen LogP contribution < -0.4 is 4.90 Å². The van der Waals surface area contributed by atoms with Gasteiger partial charge in [-0.05, 0) is 51.4 Å². The van der Waals surface area contributed by atoms with Gasteiger partial charge in [0.2, 0.25) is 11.9 Å². The lowest BCUT2D eigenvalue weighted by Crippen LogP contribution is -2.44. The zero-order valence-corrected chi connectivity index (χ0v) is 16.8. The molecule has 7 heteroatoms. The van der Waals surface area contributed by atoms with Gasteiger partial charge in [0.25, 0.3) is 0 Å². The van der Waals surface area contributed by atoms with E-state index in [4.69, 9.17) is 9.72 Å². The summed E-state index contributed by atoms with van der Waals surface area (Å²) in [4.78, 5) is 38.7. The summed E-state index contributed by atoms with van der Waals surface area (Å²) in [7, 11) is 0. The smallest absolute Gasteiger partial charge is 0.309 e. The third-order valence-corrected chi connectivity index (χ3v) is 7.21. The first-order valence-corrected chi connectivity index (χ1v) is 11.3. The lowest BCUT2D eigenvalue weighted by Gasteiger charge is -2.37. The summed E-state index contributed by atoms with van der Waals surface area (Å²) in [5.74, 6) is 1.48. The Hall–Kier alpha value is -2.18. The molecule has 0 unspecified atom stereocenters. The molecule has 6 rings (SSSR count). The van der Waals surface area contributed by atoms with Gasteiger partial charge in [0.05, 0.1) is 24.2 Å². The van der Waals surface area contributed by atoms with Crippen molar-refractivity contribution in [3.63, 3.8) is 0 Å². The number of rotatable bonds is 4. The SMILES string of the molecule is O=C(O[C@@H]1CCCN(c2ncc3c(n2)C[C@H]2CC[C@H]3N2C(=O)C2CC2)C1)C1CC1. The second-order valence-electron chi connectivity index (χ2n) is 9.46. The molecule has 1 aromatic rings. The van der Waals surface area contributed by atoms with Crippen molar-refractivity contribution >= 4 is 17.8 Å². The molecular formula is C22H28N4O3. The first-order chi connectivity index (χ1) is 14.2. The monoisotopic (exact) mass is 396 g/mol. The summed E-state index contributed by atoms with van der Waals surface area (Å²) in [5, 5.41) is 0. The lowest BCUT2D eigenvalue weighted by atomic mass is 9.98. The summed E-state index contributed by atoms with van der Waals surface area (Å²) in [6, 6.07) is 0.469. The molecule has 0 spiro atoms. The molecule has 0 radical (unpaired) electrons. The number of hydrogen-bond donors (Lipinski definition) is 0. The average Bonchev–Trinajstić information content (AvgIpc) is 3.63. The Balaban J connectivity index is 1.19. The van der Waals surface area contributed by atoms with Crippen LogP contribution in [-0.2, 0) is 20.7 Å². The molecule has 29 heavy (non-hydrogen) atoms. The van der Waals surface area contributed by atoms with E-state index in [0.29, 0.717) is 18.5 Å². The maximum atomic E-state index is 12.8. The minimum Gasteiger partial charge on any atom is -0.460 e. The van der Waals surface area contributed by atoms with Crippen molar-refractivity contribution in [2.24, 2.45) is 11.8 Å². The van der Waals surface area contributed by atoms with Crippen LogP contribution in [0.1, 0.15) is 68.7 Å². The Bertz CT molecular complexity index is 850. The first-order valence-electron chi connectivity index (χ1n) is 11.3. The van der Waals surface area contributed by atoms with Crippen LogP contribution in [0.25, 0.3) is 0 Å². The normalized spacial score (nSPS) is 30.8. The fraction of sp³-hybridized carbons (Fsp3) is 0.727. The van der Waals surface area contributed by atoms with E-state index >= 15 is 0 Å². The lowest BCUT2D eigenvalue weighted by molar-refractivity contribution is -0.151. The molecule has 154 valence electrons. The van der Waals surface area contributed by atoms with Crippen LogP contribution in [0.4, 0.5) is 5.95 Å². The number of piperidine rings is 1. The zero-order valence-electron chi connectivity index (χ0n) is 16.8. The fourth-order valence-electron chi connectivity index (χ4n) is 5.29. The summed E-state index contributed by atoms with van der Waals surface area (Å²) in [6.45, 7) is 1.58. The summed E-state index contributed by atoms with van der Waals surface area (Å²) in [5.41, 5.74) is 2.25. The largest absolute Gasteiger partial charge is 0.460 e. The summed E-state index contributed by atoms with van der Waals surface area (Å²) >= 11 is 0. The maximum Gasteiger partial charge on any atom is 0.309 e. The summed E-state index contributed by atoms with van der Waals surface area (Å²) in [6.07, 6.45) is 10.8. The Kier molecular flexibility index (Phi) is 4.06. The minimum absolute atomic E-state index is 0.0276. The van der Waals surface area contributed by atoms with Crippen LogP contribution in [0.15, 0.2) is 6.20 Å². The fourth-order valence-corrected chi connectivity index (χ4v) is 5.29. The third-order valence-electron chi connectivity index (χ3n) is 7.21. The van der Waals surface area contributed by atoms with Crippen LogP contribution in [0.5, 0.6) is 0 Å². The van der Waals surface area contributed by atoms with E-state index < -0.39 is 0 Å². The predicted molar refractivity (Wildman–Crippen MR) is 105 cm³/mol. The number of carbonyl (C=O) groups excluding carboxylic acids is 2. The number of esters is 1. The molecule has 7 nitrogen and oxygen atoms in total. The molecule has 5 aliphatic rings. The van der Waals surface area contributed by atoms with Gasteiger partial charge in [-0.3, -0.25) is 9.59 Å². The number of hydrogen-bond acceptors (Lipinski definition) is 6. The van der Waals surface area contributed by atoms with Gasteiger partial charge in [-0.25, -0.2) is 9.97 Å². The van der Waals surface area contributed by atoms with Crippen molar-refractivity contribution in [1.29, 1.82) is 0 Å². The molecule has 2 saturated carbocycles. The van der Waals surface area contributed by atoms with Crippen molar-refractivity contribution < 1.29 is 14.3 Å². The van der Waals surface area contributed by atoms with Crippen LogP contribution in [0, 0.1) is 11.8 Å². The van der Waals surface area contributed by atoms with E-state index in [1.54, 1.807) is 0 Å². The molecule has 0 aromatic carbocycles. The molecule has 2 bridgehead atoms. The van der Waals surface area contributed by atoms with Crippen molar-refractivity contribution in [2.75, 3.05) is 18.0 Å². The molecule has 4 fully saturated rings. The maximum absolute atomic E-state index is 12.8. The van der Waals surface area contributed by atoms with Gasteiger partial charge in [0.1, 0.15) is 6.10 Å². The number of amides is 1. The zero-order chi connectivity index (χ0) is 19.5. The van der Waals surface area contributed by atoms with Crippen LogP contribution in [0.3, 0.4) is 0 Å². The second kappa shape index (κ2) is 6.67. The third kappa shape index (κ3) is 3.19. The minimum atomic E-state index is -0.0562. The first kappa shape index (κ1) is 17.7. The standard InChI is InChI=1S/C22H28N4O3/c27-20(13-3-4-13)26-15-7-8-19(26)17-11-23-22(24-18(17)10-15)25-9-1-2-16(12-25)29-21(28)14-5-6-14/h11,13-16,19H,1-10,12H2/t15-,16-,19-/m1/s1. The van der Waals surface area contributed by atoms with E-state index in [2.05, 4.69) is 14.8 Å². The Morgan fingerprint density at radius 2 is 1.86 bits per heavy atom. The van der Waals surface area contributed by atoms with Crippen molar-refractivity contribution in [1.82, 2.24) is 14.9 Å². The van der Waals surface area contributed by atoms with Crippen molar-refractivity contribution in [2.45, 2.75) is 76.0 Å². The van der Waals surface area contributed by atoms with Gasteiger partial charge in [0.15, 0.2) is 0 Å². The Labute approximate surface area is 170 Å². The second-order valence-corrected chi connectivity index (χ2v) is 9.46. The number of aromatic nitrogens is 2. The van der Waals surface area contributed by atoms with Crippen molar-refractivity contribution in [3.05, 3.63) is 17.5 Å². The number of anilines is 1. The summed E-state index contributed by atoms with van der Waals surface area (Å²) < 4.78 is 5.71. The van der Waals surface area contributed by atoms with E-state index in [1.807, 2.05) is 6.20 Å². The number of carbonyl (C=O) groups is 2.